The normalized spacial score (nSPS) is 8.64. The second-order valence-corrected chi connectivity index (χ2v) is 14.8. The molecule has 0 bridgehead atoms. The second-order valence-electron chi connectivity index (χ2n) is 3.28. The first-order chi connectivity index (χ1) is 8.41. The van der Waals surface area contributed by atoms with Crippen molar-refractivity contribution < 1.29 is 27.0 Å². The molecule has 22 heavy (non-hydrogen) atoms. The first-order valence-corrected chi connectivity index (χ1v) is 15.7. The maximum atomic E-state index is 5.67. The molecular weight excluding hydrogens is 536 g/mol. The quantitative estimate of drug-likeness (QED) is 0.263. The fraction of sp³-hybridized carbons (Fsp3) is 0.125. The molecule has 0 aliphatic heterocycles. The van der Waals surface area contributed by atoms with Crippen LogP contribution in [0, 0.1) is 29.7 Å². The molecule has 138 valence electrons. The summed E-state index contributed by atoms with van der Waals surface area (Å²) in [6.45, 7) is 4.03. The van der Waals surface area contributed by atoms with Gasteiger partial charge in [0, 0.05) is 0 Å². The molecule has 0 aliphatic carbocycles. The fourth-order valence-corrected chi connectivity index (χ4v) is 3.92. The van der Waals surface area contributed by atoms with Crippen molar-refractivity contribution >= 4 is 48.0 Å². The van der Waals surface area contributed by atoms with Gasteiger partial charge in [0.15, 0.2) is 0 Å². The van der Waals surface area contributed by atoms with Crippen molar-refractivity contribution in [2.45, 2.75) is 13.8 Å². The summed E-state index contributed by atoms with van der Waals surface area (Å²) in [6, 6.07) is 9.89. The van der Waals surface area contributed by atoms with Crippen molar-refractivity contribution in [3.05, 3.63) is 77.3 Å². The van der Waals surface area contributed by atoms with E-state index >= 15 is 0 Å². The summed E-state index contributed by atoms with van der Waals surface area (Å²) >= 11 is -3.13. The molecule has 0 saturated heterocycles. The van der Waals surface area contributed by atoms with Crippen LogP contribution >= 0.6 is 38.8 Å². The molecule has 6 heteroatoms. The summed E-state index contributed by atoms with van der Waals surface area (Å²) in [6.07, 6.45) is 1.96. The molecule has 0 aromatic heterocycles. The zero-order chi connectivity index (χ0) is 14.0. The summed E-state index contributed by atoms with van der Waals surface area (Å²) in [4.78, 5) is 0. The van der Waals surface area contributed by atoms with Crippen LogP contribution in [-0.4, -0.2) is 9.22 Å². The van der Waals surface area contributed by atoms with Crippen molar-refractivity contribution in [1.82, 2.24) is 0 Å². The average molecular weight is 562 g/mol. The third kappa shape index (κ3) is 26.0. The van der Waals surface area contributed by atoms with E-state index in [0.717, 1.165) is 5.56 Å². The van der Waals surface area contributed by atoms with Crippen LogP contribution in [0.3, 0.4) is 0 Å². The first kappa shape index (κ1) is 34.4. The molecule has 0 saturated carbocycles. The number of allylic oxidation sites excluding steroid dienone is 2. The third-order valence-corrected chi connectivity index (χ3v) is 5.13. The number of hydrogen-bond donors (Lipinski definition) is 0. The van der Waals surface area contributed by atoms with Crippen molar-refractivity contribution in [3.63, 3.8) is 0 Å². The number of hydrogen-bond acceptors (Lipinski definition) is 0. The van der Waals surface area contributed by atoms with Gasteiger partial charge in [0.2, 0.25) is 0 Å². The van der Waals surface area contributed by atoms with Crippen LogP contribution in [0.15, 0.2) is 42.0 Å². The minimum atomic E-state index is -1.61. The zero-order valence-corrected chi connectivity index (χ0v) is 20.3. The topological polar surface area (TPSA) is 0 Å². The summed E-state index contributed by atoms with van der Waals surface area (Å²) in [7, 11) is 22.4. The van der Waals surface area contributed by atoms with Gasteiger partial charge < -0.3 is 29.7 Å². The van der Waals surface area contributed by atoms with Crippen molar-refractivity contribution in [1.29, 1.82) is 0 Å². The molecule has 0 N–H and O–H groups in total. The van der Waals surface area contributed by atoms with E-state index in [1.807, 2.05) is 59.5 Å². The predicted octanol–water partition coefficient (Wildman–Crippen LogP) is 7.24. The summed E-state index contributed by atoms with van der Waals surface area (Å²) in [5.41, 5.74) is 2.36. The van der Waals surface area contributed by atoms with Gasteiger partial charge in [-0.15, -0.1) is 0 Å². The molecule has 1 rings (SSSR count). The molecular formula is C16H26Cl4Ru2-4. The number of rotatable bonds is 2. The van der Waals surface area contributed by atoms with Crippen LogP contribution in [0.4, 0.5) is 0 Å². The average Bonchev–Trinajstić information content (AvgIpc) is 2.28. The Bertz CT molecular complexity index is 413. The van der Waals surface area contributed by atoms with Crippen molar-refractivity contribution in [2.24, 2.45) is 0 Å². The summed E-state index contributed by atoms with van der Waals surface area (Å²) in [5, 5.41) is 0. The monoisotopic (exact) mass is 562 g/mol. The van der Waals surface area contributed by atoms with Gasteiger partial charge in [-0.05, 0) is 0 Å². The maximum absolute atomic E-state index is 5.67. The van der Waals surface area contributed by atoms with E-state index in [2.05, 4.69) is 0 Å². The van der Waals surface area contributed by atoms with E-state index in [0.29, 0.717) is 0 Å². The number of benzene rings is 1. The van der Waals surface area contributed by atoms with Gasteiger partial charge in [0.1, 0.15) is 0 Å². The predicted molar refractivity (Wildman–Crippen MR) is 106 cm³/mol. The van der Waals surface area contributed by atoms with Crippen molar-refractivity contribution in [3.8, 4) is 0 Å². The molecule has 1 aromatic rings. The van der Waals surface area contributed by atoms with E-state index < -0.39 is 27.0 Å². The molecule has 0 amide bonds. The SMILES string of the molecule is CC(C)=C[CH]=[Ru]([Cl])[Cl].[CH3-].[CH3-].[CH3-].[CH3-].[Cl][Ru]([Cl])=[CH]c1ccccc1. The van der Waals surface area contributed by atoms with E-state index in [1.54, 1.807) is 0 Å². The first-order valence-electron chi connectivity index (χ1n) is 4.76. The molecule has 0 heterocycles. The van der Waals surface area contributed by atoms with Crippen LogP contribution in [0.5, 0.6) is 0 Å². The van der Waals surface area contributed by atoms with E-state index in [1.165, 1.54) is 5.57 Å². The molecule has 0 fully saturated rings. The van der Waals surface area contributed by atoms with Gasteiger partial charge in [-0.2, -0.15) is 0 Å². The van der Waals surface area contributed by atoms with Gasteiger partial charge >= 0.3 is 136 Å². The molecule has 0 radical (unpaired) electrons. The molecule has 0 aliphatic rings. The van der Waals surface area contributed by atoms with Crippen LogP contribution < -0.4 is 0 Å². The summed E-state index contributed by atoms with van der Waals surface area (Å²) in [5.74, 6) is 0. The Hall–Kier alpha value is 1.11. The van der Waals surface area contributed by atoms with Crippen LogP contribution in [0.1, 0.15) is 19.4 Å². The molecule has 0 nitrogen and oxygen atoms in total. The molecule has 0 atom stereocenters. The Labute approximate surface area is 164 Å². The standard InChI is InChI=1S/C7H6.C5H8.4CH3.4ClH.2Ru/c1-7-5-3-2-4-6-7;1-4-5(2)3;;;;;;;;;;/h1-6H;1,4H,2-3H3;4*1H3;4*1H;;/q;;4*-1;;;;;2*+2/p-4. The van der Waals surface area contributed by atoms with E-state index in [-0.39, 0.29) is 29.7 Å². The van der Waals surface area contributed by atoms with E-state index in [9.17, 15) is 0 Å². The Morgan fingerprint density at radius 2 is 1.27 bits per heavy atom. The number of halogens is 4. The molecule has 0 spiro atoms. The Morgan fingerprint density at radius 3 is 1.55 bits per heavy atom. The van der Waals surface area contributed by atoms with Gasteiger partial charge in [0.05, 0.1) is 0 Å². The van der Waals surface area contributed by atoms with Crippen LogP contribution in [-0.2, 0) is 27.0 Å². The Balaban J connectivity index is -0.0000000756. The van der Waals surface area contributed by atoms with Gasteiger partial charge in [-0.25, -0.2) is 0 Å². The van der Waals surface area contributed by atoms with Gasteiger partial charge in [-0.3, -0.25) is 0 Å². The minimum absolute atomic E-state index is 0. The van der Waals surface area contributed by atoms with Crippen LogP contribution in [0.2, 0.25) is 0 Å². The van der Waals surface area contributed by atoms with E-state index in [4.69, 9.17) is 38.8 Å². The Kier molecular flexibility index (Phi) is 34.6. The van der Waals surface area contributed by atoms with Crippen LogP contribution in [0.25, 0.3) is 0 Å². The van der Waals surface area contributed by atoms with Gasteiger partial charge in [0.25, 0.3) is 0 Å². The zero-order valence-electron chi connectivity index (χ0n) is 13.8. The summed E-state index contributed by atoms with van der Waals surface area (Å²) < 4.78 is 3.80. The Morgan fingerprint density at radius 1 is 0.818 bits per heavy atom. The van der Waals surface area contributed by atoms with Crippen molar-refractivity contribution in [2.75, 3.05) is 0 Å². The van der Waals surface area contributed by atoms with Gasteiger partial charge in [-0.1, -0.05) is 0 Å². The molecule has 0 unspecified atom stereocenters. The third-order valence-electron chi connectivity index (χ3n) is 1.48. The second kappa shape index (κ2) is 22.1. The molecule has 1 aromatic carbocycles. The fourth-order valence-electron chi connectivity index (χ4n) is 0.773.